The van der Waals surface area contributed by atoms with Crippen molar-refractivity contribution < 1.29 is 9.13 Å². The zero-order valence-electron chi connectivity index (χ0n) is 16.5. The fourth-order valence-electron chi connectivity index (χ4n) is 3.28. The van der Waals surface area contributed by atoms with Gasteiger partial charge in [-0.1, -0.05) is 19.9 Å². The third-order valence-electron chi connectivity index (χ3n) is 4.53. The molecule has 1 aromatic rings. The highest BCUT2D eigenvalue weighted by molar-refractivity contribution is 5.79. The lowest BCUT2D eigenvalue weighted by atomic mass is 10.0. The van der Waals surface area contributed by atoms with Gasteiger partial charge in [0.2, 0.25) is 0 Å². The van der Waals surface area contributed by atoms with Crippen LogP contribution in [0.15, 0.2) is 23.2 Å². The van der Waals surface area contributed by atoms with Gasteiger partial charge in [0.05, 0.1) is 6.61 Å². The molecule has 1 heterocycles. The summed E-state index contributed by atoms with van der Waals surface area (Å²) in [6, 6.07) is 5.49. The molecule has 0 atom stereocenters. The average Bonchev–Trinajstić information content (AvgIpc) is 2.62. The molecule has 0 bridgehead atoms. The first-order valence-electron chi connectivity index (χ1n) is 9.62. The van der Waals surface area contributed by atoms with Crippen LogP contribution in [0.5, 0.6) is 5.75 Å². The SMILES string of the molecule is CCOc1ccc(CNC(=NC)NC2CCN(CC(C)C)CC2)cc1F. The van der Waals surface area contributed by atoms with E-state index >= 15 is 0 Å². The summed E-state index contributed by atoms with van der Waals surface area (Å²) in [5.74, 6) is 1.45. The minimum atomic E-state index is -0.327. The first-order chi connectivity index (χ1) is 12.5. The summed E-state index contributed by atoms with van der Waals surface area (Å²) in [5, 5.41) is 6.76. The van der Waals surface area contributed by atoms with Crippen LogP contribution in [0.25, 0.3) is 0 Å². The van der Waals surface area contributed by atoms with Crippen molar-refractivity contribution in [3.05, 3.63) is 29.6 Å². The molecular weight excluding hydrogens is 331 g/mol. The highest BCUT2D eigenvalue weighted by Gasteiger charge is 2.20. The van der Waals surface area contributed by atoms with E-state index in [-0.39, 0.29) is 5.82 Å². The normalized spacial score (nSPS) is 16.8. The fraction of sp³-hybridized carbons (Fsp3) is 0.650. The van der Waals surface area contributed by atoms with E-state index < -0.39 is 0 Å². The summed E-state index contributed by atoms with van der Waals surface area (Å²) in [5.41, 5.74) is 0.862. The van der Waals surface area contributed by atoms with Crippen molar-refractivity contribution in [2.75, 3.05) is 33.3 Å². The lowest BCUT2D eigenvalue weighted by Gasteiger charge is -2.34. The largest absolute Gasteiger partial charge is 0.491 e. The second-order valence-corrected chi connectivity index (χ2v) is 7.24. The van der Waals surface area contributed by atoms with Crippen molar-refractivity contribution in [2.45, 2.75) is 46.2 Å². The number of ether oxygens (including phenoxy) is 1. The monoisotopic (exact) mass is 364 g/mol. The van der Waals surface area contributed by atoms with Crippen LogP contribution < -0.4 is 15.4 Å². The van der Waals surface area contributed by atoms with Crippen LogP contribution in [0.2, 0.25) is 0 Å². The lowest BCUT2D eigenvalue weighted by Crippen LogP contribution is -2.48. The minimum absolute atomic E-state index is 0.298. The van der Waals surface area contributed by atoms with E-state index in [9.17, 15) is 4.39 Å². The molecule has 2 rings (SSSR count). The van der Waals surface area contributed by atoms with Gasteiger partial charge in [0.25, 0.3) is 0 Å². The first kappa shape index (κ1) is 20.5. The van der Waals surface area contributed by atoms with Crippen molar-refractivity contribution >= 4 is 5.96 Å². The number of rotatable bonds is 7. The van der Waals surface area contributed by atoms with Crippen LogP contribution in [0.4, 0.5) is 4.39 Å². The third-order valence-corrected chi connectivity index (χ3v) is 4.53. The Hall–Kier alpha value is -1.82. The van der Waals surface area contributed by atoms with Crippen molar-refractivity contribution in [3.8, 4) is 5.75 Å². The molecule has 1 aliphatic rings. The number of halogens is 1. The van der Waals surface area contributed by atoms with Gasteiger partial charge in [-0.05, 0) is 43.4 Å². The van der Waals surface area contributed by atoms with E-state index in [4.69, 9.17) is 4.74 Å². The Labute approximate surface area is 157 Å². The zero-order chi connectivity index (χ0) is 18.9. The molecule has 0 radical (unpaired) electrons. The topological polar surface area (TPSA) is 48.9 Å². The highest BCUT2D eigenvalue weighted by atomic mass is 19.1. The maximum Gasteiger partial charge on any atom is 0.191 e. The van der Waals surface area contributed by atoms with Crippen molar-refractivity contribution in [2.24, 2.45) is 10.9 Å². The van der Waals surface area contributed by atoms with Gasteiger partial charge in [-0.15, -0.1) is 0 Å². The van der Waals surface area contributed by atoms with E-state index in [0.717, 1.165) is 37.5 Å². The van der Waals surface area contributed by atoms with E-state index in [1.165, 1.54) is 12.6 Å². The lowest BCUT2D eigenvalue weighted by molar-refractivity contribution is 0.187. The van der Waals surface area contributed by atoms with Crippen molar-refractivity contribution in [3.63, 3.8) is 0 Å². The smallest absolute Gasteiger partial charge is 0.191 e. The van der Waals surface area contributed by atoms with Gasteiger partial charge in [-0.25, -0.2) is 4.39 Å². The summed E-state index contributed by atoms with van der Waals surface area (Å²) in [4.78, 5) is 6.83. The molecule has 0 amide bonds. The Morgan fingerprint density at radius 1 is 1.35 bits per heavy atom. The van der Waals surface area contributed by atoms with Gasteiger partial charge < -0.3 is 20.3 Å². The van der Waals surface area contributed by atoms with Crippen LogP contribution in [-0.2, 0) is 6.54 Å². The van der Waals surface area contributed by atoms with Gasteiger partial charge in [0, 0.05) is 39.3 Å². The molecule has 1 saturated heterocycles. The molecule has 1 aromatic carbocycles. The van der Waals surface area contributed by atoms with Crippen LogP contribution in [-0.4, -0.2) is 50.2 Å². The number of benzene rings is 1. The average molecular weight is 365 g/mol. The first-order valence-corrected chi connectivity index (χ1v) is 9.62. The Bertz CT molecular complexity index is 583. The highest BCUT2D eigenvalue weighted by Crippen LogP contribution is 2.18. The van der Waals surface area contributed by atoms with Gasteiger partial charge in [-0.3, -0.25) is 4.99 Å². The van der Waals surface area contributed by atoms with E-state index in [0.29, 0.717) is 30.9 Å². The number of hydrogen-bond donors (Lipinski definition) is 2. The number of hydrogen-bond acceptors (Lipinski definition) is 3. The second-order valence-electron chi connectivity index (χ2n) is 7.24. The molecule has 146 valence electrons. The molecule has 0 saturated carbocycles. The predicted molar refractivity (Wildman–Crippen MR) is 105 cm³/mol. The third kappa shape index (κ3) is 6.48. The maximum atomic E-state index is 13.9. The number of nitrogens with one attached hydrogen (secondary N) is 2. The minimum Gasteiger partial charge on any atom is -0.491 e. The van der Waals surface area contributed by atoms with Gasteiger partial charge in [0.1, 0.15) is 0 Å². The molecule has 1 fully saturated rings. The molecule has 1 aliphatic heterocycles. The summed E-state index contributed by atoms with van der Waals surface area (Å²) in [6.07, 6.45) is 2.23. The standard InChI is InChI=1S/C20H33FN4O/c1-5-26-19-7-6-16(12-18(19)21)13-23-20(22-4)24-17-8-10-25(11-9-17)14-15(2)3/h6-7,12,15,17H,5,8-11,13-14H2,1-4H3,(H2,22,23,24). The zero-order valence-corrected chi connectivity index (χ0v) is 16.5. The summed E-state index contributed by atoms with van der Waals surface area (Å²) in [7, 11) is 1.77. The Morgan fingerprint density at radius 3 is 2.65 bits per heavy atom. The van der Waals surface area contributed by atoms with Crippen molar-refractivity contribution in [1.29, 1.82) is 0 Å². The van der Waals surface area contributed by atoms with E-state index in [1.807, 2.05) is 13.0 Å². The van der Waals surface area contributed by atoms with E-state index in [1.54, 1.807) is 13.1 Å². The molecule has 0 unspecified atom stereocenters. The number of piperidine rings is 1. The molecule has 0 aliphatic carbocycles. The van der Waals surface area contributed by atoms with Crippen LogP contribution in [0, 0.1) is 11.7 Å². The van der Waals surface area contributed by atoms with Crippen molar-refractivity contribution in [1.82, 2.24) is 15.5 Å². The number of likely N-dealkylation sites (tertiary alicyclic amines) is 1. The van der Waals surface area contributed by atoms with Crippen LogP contribution >= 0.6 is 0 Å². The maximum absolute atomic E-state index is 13.9. The Balaban J connectivity index is 1.79. The molecule has 0 aromatic heterocycles. The quantitative estimate of drug-likeness (QED) is 0.577. The molecule has 5 nitrogen and oxygen atoms in total. The van der Waals surface area contributed by atoms with Crippen LogP contribution in [0.1, 0.15) is 39.2 Å². The van der Waals surface area contributed by atoms with Gasteiger partial charge >= 0.3 is 0 Å². The van der Waals surface area contributed by atoms with E-state index in [2.05, 4.69) is 34.4 Å². The summed E-state index contributed by atoms with van der Waals surface area (Å²) >= 11 is 0. The number of aliphatic imine (C=N–C) groups is 1. The molecule has 0 spiro atoms. The number of nitrogens with zero attached hydrogens (tertiary/aromatic N) is 2. The number of guanidine groups is 1. The molecule has 26 heavy (non-hydrogen) atoms. The van der Waals surface area contributed by atoms with Gasteiger partial charge in [0.15, 0.2) is 17.5 Å². The predicted octanol–water partition coefficient (Wildman–Crippen LogP) is 3.01. The van der Waals surface area contributed by atoms with Crippen LogP contribution in [0.3, 0.4) is 0 Å². The Morgan fingerprint density at radius 2 is 2.08 bits per heavy atom. The summed E-state index contributed by atoms with van der Waals surface area (Å²) < 4.78 is 19.2. The fourth-order valence-corrected chi connectivity index (χ4v) is 3.28. The second kappa shape index (κ2) is 10.4. The Kier molecular flexibility index (Phi) is 8.16. The molecular formula is C20H33FN4O. The molecule has 6 heteroatoms. The summed E-state index contributed by atoms with van der Waals surface area (Å²) in [6.45, 7) is 10.8. The van der Waals surface area contributed by atoms with Gasteiger partial charge in [-0.2, -0.15) is 0 Å². The molecule has 2 N–H and O–H groups in total.